The number of fused-ring (bicyclic) bond motifs is 1. The lowest BCUT2D eigenvalue weighted by Crippen LogP contribution is -2.19. The maximum Gasteiger partial charge on any atom is 0.257 e. The van der Waals surface area contributed by atoms with Crippen molar-refractivity contribution in [2.45, 2.75) is 27.3 Å². The largest absolute Gasteiger partial charge is 0.352 e. The SMILES string of the molecule is CC(=O)NCc1ccc(C(=O)Nc2nc3c(C)cc(C)cc3s2)cc1. The fourth-order valence-corrected chi connectivity index (χ4v) is 3.63. The van der Waals surface area contributed by atoms with Crippen LogP contribution in [0.3, 0.4) is 0 Å². The summed E-state index contributed by atoms with van der Waals surface area (Å²) in [5.74, 6) is -0.275. The number of anilines is 1. The zero-order valence-electron chi connectivity index (χ0n) is 14.3. The highest BCUT2D eigenvalue weighted by atomic mass is 32.1. The van der Waals surface area contributed by atoms with E-state index < -0.39 is 0 Å². The second-order valence-electron chi connectivity index (χ2n) is 6.01. The van der Waals surface area contributed by atoms with Crippen molar-refractivity contribution >= 4 is 38.5 Å². The van der Waals surface area contributed by atoms with Gasteiger partial charge < -0.3 is 5.32 Å². The van der Waals surface area contributed by atoms with Gasteiger partial charge in [0, 0.05) is 19.0 Å². The molecule has 0 fully saturated rings. The van der Waals surface area contributed by atoms with Gasteiger partial charge >= 0.3 is 0 Å². The van der Waals surface area contributed by atoms with E-state index in [-0.39, 0.29) is 11.8 Å². The van der Waals surface area contributed by atoms with Crippen LogP contribution in [0.25, 0.3) is 10.2 Å². The quantitative estimate of drug-likeness (QED) is 0.749. The van der Waals surface area contributed by atoms with Crippen LogP contribution in [0, 0.1) is 13.8 Å². The highest BCUT2D eigenvalue weighted by molar-refractivity contribution is 7.22. The summed E-state index contributed by atoms with van der Waals surface area (Å²) in [5, 5.41) is 6.18. The van der Waals surface area contributed by atoms with Gasteiger partial charge in [-0.15, -0.1) is 0 Å². The summed E-state index contributed by atoms with van der Waals surface area (Å²) in [5.41, 5.74) is 4.71. The summed E-state index contributed by atoms with van der Waals surface area (Å²) in [6.07, 6.45) is 0. The second kappa shape index (κ2) is 7.03. The molecule has 0 atom stereocenters. The van der Waals surface area contributed by atoms with Crippen LogP contribution in [-0.4, -0.2) is 16.8 Å². The van der Waals surface area contributed by atoms with Gasteiger partial charge in [0.15, 0.2) is 5.13 Å². The Kier molecular flexibility index (Phi) is 4.81. The summed E-state index contributed by atoms with van der Waals surface area (Å²) in [4.78, 5) is 27.9. The summed E-state index contributed by atoms with van der Waals surface area (Å²) >= 11 is 1.47. The number of amides is 2. The molecule has 0 unspecified atom stereocenters. The van der Waals surface area contributed by atoms with Gasteiger partial charge in [-0.3, -0.25) is 14.9 Å². The third kappa shape index (κ3) is 4.03. The topological polar surface area (TPSA) is 71.1 Å². The van der Waals surface area contributed by atoms with Crippen molar-refractivity contribution in [2.24, 2.45) is 0 Å². The molecule has 0 saturated heterocycles. The molecule has 0 aliphatic carbocycles. The van der Waals surface area contributed by atoms with Crippen LogP contribution in [-0.2, 0) is 11.3 Å². The minimum atomic E-state index is -0.195. The Bertz CT molecular complexity index is 945. The molecule has 1 heterocycles. The first-order valence-electron chi connectivity index (χ1n) is 7.95. The molecule has 0 aliphatic rings. The molecule has 2 aromatic carbocycles. The van der Waals surface area contributed by atoms with Crippen LogP contribution >= 0.6 is 11.3 Å². The number of hydrogen-bond donors (Lipinski definition) is 2. The van der Waals surface area contributed by atoms with E-state index in [1.807, 2.05) is 26.0 Å². The predicted molar refractivity (Wildman–Crippen MR) is 101 cm³/mol. The van der Waals surface area contributed by atoms with E-state index >= 15 is 0 Å². The summed E-state index contributed by atoms with van der Waals surface area (Å²) in [6, 6.07) is 11.3. The highest BCUT2D eigenvalue weighted by Gasteiger charge is 2.11. The van der Waals surface area contributed by atoms with Gasteiger partial charge in [0.2, 0.25) is 5.91 Å². The molecule has 0 spiro atoms. The number of thiazole rings is 1. The van der Waals surface area contributed by atoms with Gasteiger partial charge in [0.05, 0.1) is 10.2 Å². The van der Waals surface area contributed by atoms with E-state index in [0.717, 1.165) is 21.3 Å². The maximum absolute atomic E-state index is 12.4. The molecule has 6 heteroatoms. The second-order valence-corrected chi connectivity index (χ2v) is 7.04. The number of aryl methyl sites for hydroxylation is 2. The lowest BCUT2D eigenvalue weighted by molar-refractivity contribution is -0.119. The smallest absolute Gasteiger partial charge is 0.257 e. The van der Waals surface area contributed by atoms with Crippen molar-refractivity contribution in [3.63, 3.8) is 0 Å². The maximum atomic E-state index is 12.4. The number of aromatic nitrogens is 1. The molecule has 3 aromatic rings. The zero-order valence-corrected chi connectivity index (χ0v) is 15.2. The molecule has 0 bridgehead atoms. The first kappa shape index (κ1) is 17.1. The average Bonchev–Trinajstić information content (AvgIpc) is 2.96. The Morgan fingerprint density at radius 2 is 1.84 bits per heavy atom. The molecule has 2 amide bonds. The van der Waals surface area contributed by atoms with Gasteiger partial charge in [-0.25, -0.2) is 4.98 Å². The van der Waals surface area contributed by atoms with Gasteiger partial charge in [-0.05, 0) is 48.7 Å². The monoisotopic (exact) mass is 353 g/mol. The Morgan fingerprint density at radius 1 is 1.12 bits per heavy atom. The fraction of sp³-hybridized carbons (Fsp3) is 0.211. The first-order valence-corrected chi connectivity index (χ1v) is 8.76. The van der Waals surface area contributed by atoms with E-state index in [1.165, 1.54) is 23.8 Å². The third-order valence-corrected chi connectivity index (χ3v) is 4.73. The highest BCUT2D eigenvalue weighted by Crippen LogP contribution is 2.29. The van der Waals surface area contributed by atoms with E-state index in [9.17, 15) is 9.59 Å². The first-order chi connectivity index (χ1) is 11.9. The van der Waals surface area contributed by atoms with Crippen molar-refractivity contribution in [1.29, 1.82) is 0 Å². The van der Waals surface area contributed by atoms with Crippen molar-refractivity contribution in [1.82, 2.24) is 10.3 Å². The van der Waals surface area contributed by atoms with Crippen molar-refractivity contribution in [2.75, 3.05) is 5.32 Å². The van der Waals surface area contributed by atoms with Gasteiger partial charge in [0.25, 0.3) is 5.91 Å². The molecule has 0 saturated carbocycles. The average molecular weight is 353 g/mol. The standard InChI is InChI=1S/C19H19N3O2S/c1-11-8-12(2)17-16(9-11)25-19(21-17)22-18(24)15-6-4-14(5-7-15)10-20-13(3)23/h4-9H,10H2,1-3H3,(H,20,23)(H,21,22,24). The molecule has 1 aromatic heterocycles. The predicted octanol–water partition coefficient (Wildman–Crippen LogP) is 3.80. The van der Waals surface area contributed by atoms with E-state index in [1.54, 1.807) is 12.1 Å². The minimum absolute atomic E-state index is 0.0804. The summed E-state index contributed by atoms with van der Waals surface area (Å²) in [6.45, 7) is 6.00. The Labute approximate surface area is 150 Å². The Balaban J connectivity index is 1.73. The van der Waals surface area contributed by atoms with Crippen LogP contribution in [0.15, 0.2) is 36.4 Å². The van der Waals surface area contributed by atoms with E-state index in [2.05, 4.69) is 27.8 Å². The molecule has 5 nitrogen and oxygen atoms in total. The van der Waals surface area contributed by atoms with Crippen molar-refractivity contribution in [3.05, 3.63) is 58.7 Å². The zero-order chi connectivity index (χ0) is 18.0. The van der Waals surface area contributed by atoms with E-state index in [0.29, 0.717) is 17.2 Å². The molecule has 3 rings (SSSR count). The normalized spacial score (nSPS) is 10.7. The number of rotatable bonds is 4. The number of nitrogens with zero attached hydrogens (tertiary/aromatic N) is 1. The van der Waals surface area contributed by atoms with Gasteiger partial charge in [-0.1, -0.05) is 29.5 Å². The molecular formula is C19H19N3O2S. The molecule has 0 radical (unpaired) electrons. The molecule has 25 heavy (non-hydrogen) atoms. The lowest BCUT2D eigenvalue weighted by Gasteiger charge is -2.05. The van der Waals surface area contributed by atoms with E-state index in [4.69, 9.17) is 0 Å². The molecular weight excluding hydrogens is 334 g/mol. The van der Waals surface area contributed by atoms with Crippen LogP contribution in [0.5, 0.6) is 0 Å². The lowest BCUT2D eigenvalue weighted by atomic mass is 10.1. The summed E-state index contributed by atoms with van der Waals surface area (Å²) < 4.78 is 1.07. The van der Waals surface area contributed by atoms with Crippen molar-refractivity contribution in [3.8, 4) is 0 Å². The van der Waals surface area contributed by atoms with Crippen LogP contribution in [0.4, 0.5) is 5.13 Å². The number of nitrogens with one attached hydrogen (secondary N) is 2. The Morgan fingerprint density at radius 3 is 2.52 bits per heavy atom. The van der Waals surface area contributed by atoms with Crippen LogP contribution in [0.2, 0.25) is 0 Å². The molecule has 2 N–H and O–H groups in total. The van der Waals surface area contributed by atoms with Gasteiger partial charge in [-0.2, -0.15) is 0 Å². The number of carbonyl (C=O) groups is 2. The van der Waals surface area contributed by atoms with Crippen LogP contribution < -0.4 is 10.6 Å². The third-order valence-electron chi connectivity index (χ3n) is 3.81. The fourth-order valence-electron chi connectivity index (χ4n) is 2.59. The number of hydrogen-bond acceptors (Lipinski definition) is 4. The number of benzene rings is 2. The molecule has 0 aliphatic heterocycles. The molecule has 128 valence electrons. The Hall–Kier alpha value is -2.73. The number of carbonyl (C=O) groups excluding carboxylic acids is 2. The minimum Gasteiger partial charge on any atom is -0.352 e. The van der Waals surface area contributed by atoms with Gasteiger partial charge in [0.1, 0.15) is 0 Å². The summed E-state index contributed by atoms with van der Waals surface area (Å²) in [7, 11) is 0. The van der Waals surface area contributed by atoms with Crippen molar-refractivity contribution < 1.29 is 9.59 Å². The van der Waals surface area contributed by atoms with Crippen LogP contribution in [0.1, 0.15) is 34.0 Å².